The van der Waals surface area contributed by atoms with Crippen molar-refractivity contribution in [2.24, 2.45) is 0 Å². The van der Waals surface area contributed by atoms with Gasteiger partial charge >= 0.3 is 5.97 Å². The molecule has 2 aromatic carbocycles. The third-order valence-corrected chi connectivity index (χ3v) is 8.68. The first kappa shape index (κ1) is 29.7. The highest BCUT2D eigenvalue weighted by atomic mass is 32.2. The van der Waals surface area contributed by atoms with Crippen molar-refractivity contribution < 1.29 is 22.9 Å². The lowest BCUT2D eigenvalue weighted by molar-refractivity contribution is -0.387. The van der Waals surface area contributed by atoms with E-state index in [2.05, 4.69) is 32.9 Å². The number of benzene rings is 2. The van der Waals surface area contributed by atoms with Crippen LogP contribution in [-0.4, -0.2) is 65.8 Å². The van der Waals surface area contributed by atoms with E-state index in [0.29, 0.717) is 6.42 Å². The minimum Gasteiger partial charge on any atom is -0.459 e. The molecular weight excluding hydrogens is 506 g/mol. The maximum atomic E-state index is 13.4. The molecule has 0 saturated carbocycles. The third kappa shape index (κ3) is 6.98. The molecule has 9 nitrogen and oxygen atoms in total. The van der Waals surface area contributed by atoms with E-state index in [9.17, 15) is 23.3 Å². The van der Waals surface area contributed by atoms with Crippen molar-refractivity contribution in [3.05, 3.63) is 69.8 Å². The molecule has 1 aliphatic rings. The van der Waals surface area contributed by atoms with Crippen LogP contribution < -0.4 is 0 Å². The van der Waals surface area contributed by atoms with Gasteiger partial charge in [0, 0.05) is 31.7 Å². The van der Waals surface area contributed by atoms with Gasteiger partial charge in [-0.2, -0.15) is 4.31 Å². The molecule has 0 aliphatic carbocycles. The summed E-state index contributed by atoms with van der Waals surface area (Å²) >= 11 is 0. The number of carbonyl (C=O) groups is 1. The number of hydrogen-bond acceptors (Lipinski definition) is 7. The van der Waals surface area contributed by atoms with Gasteiger partial charge in [0.05, 0.1) is 4.92 Å². The van der Waals surface area contributed by atoms with Crippen LogP contribution >= 0.6 is 0 Å². The topological polar surface area (TPSA) is 110 Å². The Morgan fingerprint density at radius 2 is 1.66 bits per heavy atom. The number of nitro benzene ring substituents is 1. The maximum Gasteiger partial charge on any atom is 0.324 e. The van der Waals surface area contributed by atoms with Gasteiger partial charge in [0.25, 0.3) is 5.69 Å². The summed E-state index contributed by atoms with van der Waals surface area (Å²) in [5.74, 6) is -0.361. The van der Waals surface area contributed by atoms with Gasteiger partial charge < -0.3 is 4.74 Å². The standard InChI is InChI=1S/C28H39N3O6S/c1-20-19-29(16-17-30(20)38(35,36)25-11-9-8-10-23(25)31(33)34)24(26(32)37-28(5,6)7)18-21-12-14-22(15-13-21)27(2,3)4/h8-15,20,24H,16-19H2,1-7H3/t20-,24-/m0/s1. The Balaban J connectivity index is 1.86. The summed E-state index contributed by atoms with van der Waals surface area (Å²) in [7, 11) is -4.11. The molecule has 1 heterocycles. The van der Waals surface area contributed by atoms with Crippen molar-refractivity contribution in [2.75, 3.05) is 19.6 Å². The molecule has 0 amide bonds. The summed E-state index contributed by atoms with van der Waals surface area (Å²) in [6, 6.07) is 12.4. The van der Waals surface area contributed by atoms with Gasteiger partial charge in [-0.1, -0.05) is 57.2 Å². The molecule has 38 heavy (non-hydrogen) atoms. The predicted octanol–water partition coefficient (Wildman–Crippen LogP) is 4.54. The third-order valence-electron chi connectivity index (χ3n) is 6.62. The summed E-state index contributed by atoms with van der Waals surface area (Å²) in [4.78, 5) is 25.8. The number of esters is 1. The van der Waals surface area contributed by atoms with Crippen LogP contribution in [0.15, 0.2) is 53.4 Å². The average Bonchev–Trinajstić information content (AvgIpc) is 2.80. The molecule has 1 aliphatic heterocycles. The average molecular weight is 546 g/mol. The van der Waals surface area contributed by atoms with E-state index in [1.165, 1.54) is 34.1 Å². The Bertz CT molecular complexity index is 1260. The molecule has 3 rings (SSSR count). The first-order valence-corrected chi connectivity index (χ1v) is 14.3. The van der Waals surface area contributed by atoms with Gasteiger partial charge in [-0.3, -0.25) is 19.8 Å². The fourth-order valence-corrected chi connectivity index (χ4v) is 6.43. The number of carbonyl (C=O) groups excluding carboxylic acids is 1. The highest BCUT2D eigenvalue weighted by Crippen LogP contribution is 2.30. The predicted molar refractivity (Wildman–Crippen MR) is 147 cm³/mol. The van der Waals surface area contributed by atoms with E-state index in [1.807, 2.05) is 37.8 Å². The molecule has 0 N–H and O–H groups in total. The summed E-state index contributed by atoms with van der Waals surface area (Å²) in [6.45, 7) is 14.3. The fourth-order valence-electron chi connectivity index (χ4n) is 4.66. The minimum atomic E-state index is -4.11. The lowest BCUT2D eigenvalue weighted by Crippen LogP contribution is -2.58. The number of para-hydroxylation sites is 1. The lowest BCUT2D eigenvalue weighted by Gasteiger charge is -2.42. The molecule has 0 radical (unpaired) electrons. The Morgan fingerprint density at radius 1 is 1.05 bits per heavy atom. The number of ether oxygens (including phenoxy) is 1. The fraction of sp³-hybridized carbons (Fsp3) is 0.536. The van der Waals surface area contributed by atoms with E-state index in [0.717, 1.165) is 5.56 Å². The van der Waals surface area contributed by atoms with Crippen molar-refractivity contribution >= 4 is 21.7 Å². The van der Waals surface area contributed by atoms with Crippen LogP contribution in [0.1, 0.15) is 59.6 Å². The molecule has 1 saturated heterocycles. The Labute approximate surface area is 226 Å². The number of hydrogen-bond donors (Lipinski definition) is 0. The molecule has 0 spiro atoms. The Kier molecular flexibility index (Phi) is 8.70. The van der Waals surface area contributed by atoms with Crippen LogP contribution in [0.5, 0.6) is 0 Å². The SMILES string of the molecule is C[C@H]1CN([C@@H](Cc2ccc(C(C)(C)C)cc2)C(=O)OC(C)(C)C)CCN1S(=O)(=O)c1ccccc1[N+](=O)[O-]. The largest absolute Gasteiger partial charge is 0.459 e. The molecule has 2 aromatic rings. The zero-order valence-corrected chi connectivity index (χ0v) is 24.1. The molecule has 1 fully saturated rings. The number of sulfonamides is 1. The second-order valence-corrected chi connectivity index (χ2v) is 13.7. The van der Waals surface area contributed by atoms with Crippen LogP contribution in [-0.2, 0) is 31.4 Å². The lowest BCUT2D eigenvalue weighted by atomic mass is 9.86. The summed E-state index contributed by atoms with van der Waals surface area (Å²) in [5.41, 5.74) is 1.06. The van der Waals surface area contributed by atoms with E-state index < -0.39 is 38.3 Å². The van der Waals surface area contributed by atoms with E-state index in [-0.39, 0.29) is 35.9 Å². The normalized spacial score (nSPS) is 18.7. The van der Waals surface area contributed by atoms with Crippen LogP contribution in [0.3, 0.4) is 0 Å². The number of nitro groups is 1. The highest BCUT2D eigenvalue weighted by molar-refractivity contribution is 7.89. The van der Waals surface area contributed by atoms with E-state index in [4.69, 9.17) is 4.74 Å². The first-order chi connectivity index (χ1) is 17.5. The second-order valence-electron chi connectivity index (χ2n) is 11.9. The van der Waals surface area contributed by atoms with Crippen LogP contribution in [0.4, 0.5) is 5.69 Å². The smallest absolute Gasteiger partial charge is 0.324 e. The van der Waals surface area contributed by atoms with Crippen molar-refractivity contribution in [1.29, 1.82) is 0 Å². The zero-order chi connectivity index (χ0) is 28.5. The monoisotopic (exact) mass is 545 g/mol. The zero-order valence-electron chi connectivity index (χ0n) is 23.3. The van der Waals surface area contributed by atoms with E-state index in [1.54, 1.807) is 6.92 Å². The van der Waals surface area contributed by atoms with Crippen molar-refractivity contribution in [2.45, 2.75) is 82.9 Å². The van der Waals surface area contributed by atoms with Gasteiger partial charge in [-0.15, -0.1) is 0 Å². The first-order valence-electron chi connectivity index (χ1n) is 12.8. The van der Waals surface area contributed by atoms with Crippen molar-refractivity contribution in [3.63, 3.8) is 0 Å². The van der Waals surface area contributed by atoms with Gasteiger partial charge in [0.15, 0.2) is 4.90 Å². The highest BCUT2D eigenvalue weighted by Gasteiger charge is 2.41. The molecule has 0 aromatic heterocycles. The van der Waals surface area contributed by atoms with Crippen LogP contribution in [0.2, 0.25) is 0 Å². The molecular formula is C28H39N3O6S. The molecule has 2 atom stereocenters. The Hall–Kier alpha value is -2.82. The molecule has 0 bridgehead atoms. The van der Waals surface area contributed by atoms with E-state index >= 15 is 0 Å². The Morgan fingerprint density at radius 3 is 2.18 bits per heavy atom. The summed E-state index contributed by atoms with van der Waals surface area (Å²) in [5, 5.41) is 11.5. The number of piperazine rings is 1. The number of rotatable bonds is 7. The second kappa shape index (κ2) is 11.1. The van der Waals surface area contributed by atoms with Gasteiger partial charge in [-0.25, -0.2) is 8.42 Å². The summed E-state index contributed by atoms with van der Waals surface area (Å²) < 4.78 is 33.9. The van der Waals surface area contributed by atoms with Crippen LogP contribution in [0, 0.1) is 10.1 Å². The minimum absolute atomic E-state index is 0.00811. The van der Waals surface area contributed by atoms with Gasteiger partial charge in [-0.05, 0) is 56.7 Å². The maximum absolute atomic E-state index is 13.4. The molecule has 208 valence electrons. The van der Waals surface area contributed by atoms with Crippen molar-refractivity contribution in [3.8, 4) is 0 Å². The van der Waals surface area contributed by atoms with Crippen molar-refractivity contribution in [1.82, 2.24) is 9.21 Å². The quantitative estimate of drug-likeness (QED) is 0.285. The molecule has 0 unspecified atom stereocenters. The van der Waals surface area contributed by atoms with Crippen LogP contribution in [0.25, 0.3) is 0 Å². The molecule has 10 heteroatoms. The van der Waals surface area contributed by atoms with Gasteiger partial charge in [0.2, 0.25) is 10.0 Å². The summed E-state index contributed by atoms with van der Waals surface area (Å²) in [6.07, 6.45) is 0.420. The number of nitrogens with zero attached hydrogens (tertiary/aromatic N) is 3. The van der Waals surface area contributed by atoms with Gasteiger partial charge in [0.1, 0.15) is 11.6 Å².